The van der Waals surface area contributed by atoms with Crippen LogP contribution in [-0.4, -0.2) is 34.7 Å². The average molecular weight is 457 g/mol. The van der Waals surface area contributed by atoms with E-state index in [4.69, 9.17) is 4.74 Å². The Morgan fingerprint density at radius 2 is 1.71 bits per heavy atom. The highest BCUT2D eigenvalue weighted by Gasteiger charge is 2.39. The number of carbonyl (C=O) groups excluding carboxylic acids is 3. The number of amides is 3. The van der Waals surface area contributed by atoms with Crippen LogP contribution in [0.4, 0.5) is 11.4 Å². The quantitative estimate of drug-likeness (QED) is 0.525. The van der Waals surface area contributed by atoms with Crippen LogP contribution in [-0.2, 0) is 20.9 Å². The first-order chi connectivity index (χ1) is 16.4. The van der Waals surface area contributed by atoms with E-state index in [0.717, 1.165) is 11.1 Å². The van der Waals surface area contributed by atoms with E-state index >= 15 is 0 Å². The van der Waals surface area contributed by atoms with Crippen molar-refractivity contribution in [1.82, 2.24) is 9.88 Å². The Labute approximate surface area is 197 Å². The number of aromatic nitrogens is 1. The molecule has 2 heterocycles. The first-order valence-corrected chi connectivity index (χ1v) is 10.7. The zero-order chi connectivity index (χ0) is 24.2. The van der Waals surface area contributed by atoms with Crippen LogP contribution >= 0.6 is 0 Å². The Morgan fingerprint density at radius 1 is 1.00 bits per heavy atom. The molecule has 0 unspecified atom stereocenters. The summed E-state index contributed by atoms with van der Waals surface area (Å²) >= 11 is 0. The summed E-state index contributed by atoms with van der Waals surface area (Å²) in [7, 11) is 1.54. The molecule has 0 fully saturated rings. The van der Waals surface area contributed by atoms with Crippen molar-refractivity contribution in [2.45, 2.75) is 20.4 Å². The van der Waals surface area contributed by atoms with Crippen molar-refractivity contribution in [1.29, 1.82) is 0 Å². The third-order valence-electron chi connectivity index (χ3n) is 5.37. The van der Waals surface area contributed by atoms with Crippen molar-refractivity contribution in [3.63, 3.8) is 0 Å². The maximum absolute atomic E-state index is 13.5. The Morgan fingerprint density at radius 3 is 2.35 bits per heavy atom. The second kappa shape index (κ2) is 9.58. The SMILES string of the molecule is COc1ccc(C)cc1NC1=C(c2ccc(NC(C)=O)cc2)C(=O)N(Cc2ccncc2)C1=O. The zero-order valence-electron chi connectivity index (χ0n) is 19.1. The molecule has 0 saturated heterocycles. The van der Waals surface area contributed by atoms with Crippen molar-refractivity contribution < 1.29 is 19.1 Å². The second-order valence-electron chi connectivity index (χ2n) is 7.89. The Balaban J connectivity index is 1.76. The summed E-state index contributed by atoms with van der Waals surface area (Å²) in [5, 5.41) is 5.85. The maximum atomic E-state index is 13.5. The van der Waals surface area contributed by atoms with E-state index in [0.29, 0.717) is 22.7 Å². The van der Waals surface area contributed by atoms with E-state index in [1.165, 1.54) is 11.8 Å². The number of nitrogens with one attached hydrogen (secondary N) is 2. The molecule has 0 atom stereocenters. The number of anilines is 2. The first kappa shape index (κ1) is 22.7. The number of aryl methyl sites for hydroxylation is 1. The zero-order valence-corrected chi connectivity index (χ0v) is 19.1. The molecule has 0 aliphatic carbocycles. The molecule has 3 amide bonds. The molecule has 8 nitrogen and oxygen atoms in total. The van der Waals surface area contributed by atoms with Crippen molar-refractivity contribution in [2.75, 3.05) is 17.7 Å². The predicted molar refractivity (Wildman–Crippen MR) is 129 cm³/mol. The van der Waals surface area contributed by atoms with Gasteiger partial charge in [-0.05, 0) is 60.0 Å². The lowest BCUT2D eigenvalue weighted by Gasteiger charge is -2.16. The van der Waals surface area contributed by atoms with Gasteiger partial charge >= 0.3 is 0 Å². The van der Waals surface area contributed by atoms with Crippen LogP contribution in [0.25, 0.3) is 5.57 Å². The molecule has 34 heavy (non-hydrogen) atoms. The molecule has 3 aromatic rings. The maximum Gasteiger partial charge on any atom is 0.278 e. The van der Waals surface area contributed by atoms with Crippen molar-refractivity contribution in [3.05, 3.63) is 89.4 Å². The Hall–Kier alpha value is -4.46. The van der Waals surface area contributed by atoms with Crippen LogP contribution in [0.3, 0.4) is 0 Å². The molecular formula is C26H24N4O4. The number of imide groups is 1. The fourth-order valence-corrected chi connectivity index (χ4v) is 3.75. The van der Waals surface area contributed by atoms with Crippen LogP contribution in [0.15, 0.2) is 72.7 Å². The highest BCUT2D eigenvalue weighted by atomic mass is 16.5. The second-order valence-corrected chi connectivity index (χ2v) is 7.89. The normalized spacial score (nSPS) is 13.3. The summed E-state index contributed by atoms with van der Waals surface area (Å²) in [4.78, 5) is 43.5. The topological polar surface area (TPSA) is 101 Å². The molecule has 2 aromatic carbocycles. The van der Waals surface area contributed by atoms with Crippen LogP contribution in [0, 0.1) is 6.92 Å². The van der Waals surface area contributed by atoms with E-state index < -0.39 is 11.8 Å². The lowest BCUT2D eigenvalue weighted by atomic mass is 10.0. The van der Waals surface area contributed by atoms with Crippen LogP contribution < -0.4 is 15.4 Å². The molecule has 4 rings (SSSR count). The molecule has 172 valence electrons. The molecule has 8 heteroatoms. The molecule has 2 N–H and O–H groups in total. The average Bonchev–Trinajstić information content (AvgIpc) is 3.04. The highest BCUT2D eigenvalue weighted by Crippen LogP contribution is 2.34. The summed E-state index contributed by atoms with van der Waals surface area (Å²) in [6, 6.07) is 15.9. The van der Waals surface area contributed by atoms with Gasteiger partial charge in [0.15, 0.2) is 0 Å². The number of hydrogen-bond donors (Lipinski definition) is 2. The van der Waals surface area contributed by atoms with Gasteiger partial charge in [0, 0.05) is 25.0 Å². The minimum Gasteiger partial charge on any atom is -0.495 e. The summed E-state index contributed by atoms with van der Waals surface area (Å²) in [5.41, 5.74) is 3.89. The van der Waals surface area contributed by atoms with Crippen molar-refractivity contribution in [2.24, 2.45) is 0 Å². The lowest BCUT2D eigenvalue weighted by molar-refractivity contribution is -0.137. The summed E-state index contributed by atoms with van der Waals surface area (Å²) < 4.78 is 5.45. The Bertz CT molecular complexity index is 1280. The number of rotatable bonds is 7. The minimum atomic E-state index is -0.439. The van der Waals surface area contributed by atoms with Gasteiger partial charge in [0.05, 0.1) is 24.9 Å². The van der Waals surface area contributed by atoms with E-state index in [1.807, 2.05) is 19.1 Å². The lowest BCUT2D eigenvalue weighted by Crippen LogP contribution is -2.32. The van der Waals surface area contributed by atoms with E-state index in [-0.39, 0.29) is 23.7 Å². The third kappa shape index (κ3) is 4.66. The fraction of sp³-hybridized carbons (Fsp3) is 0.154. The van der Waals surface area contributed by atoms with Crippen LogP contribution in [0.5, 0.6) is 5.75 Å². The van der Waals surface area contributed by atoms with Crippen LogP contribution in [0.1, 0.15) is 23.6 Å². The number of pyridine rings is 1. The van der Waals surface area contributed by atoms with Gasteiger partial charge in [-0.15, -0.1) is 0 Å². The van der Waals surface area contributed by atoms with Gasteiger partial charge in [-0.3, -0.25) is 24.3 Å². The summed E-state index contributed by atoms with van der Waals surface area (Å²) in [6.45, 7) is 3.46. The molecule has 0 saturated carbocycles. The number of methoxy groups -OCH3 is 1. The number of hydrogen-bond acceptors (Lipinski definition) is 6. The molecule has 1 aliphatic rings. The van der Waals surface area contributed by atoms with Gasteiger partial charge in [-0.1, -0.05) is 18.2 Å². The van der Waals surface area contributed by atoms with Gasteiger partial charge in [-0.25, -0.2) is 0 Å². The van der Waals surface area contributed by atoms with E-state index in [1.54, 1.807) is 62.0 Å². The summed E-state index contributed by atoms with van der Waals surface area (Å²) in [6.07, 6.45) is 3.23. The van der Waals surface area contributed by atoms with Gasteiger partial charge in [-0.2, -0.15) is 0 Å². The number of benzene rings is 2. The smallest absolute Gasteiger partial charge is 0.278 e. The van der Waals surface area contributed by atoms with Crippen molar-refractivity contribution in [3.8, 4) is 5.75 Å². The predicted octanol–water partition coefficient (Wildman–Crippen LogP) is 3.75. The van der Waals surface area contributed by atoms with Gasteiger partial charge in [0.2, 0.25) is 5.91 Å². The number of ether oxygens (including phenoxy) is 1. The van der Waals surface area contributed by atoms with Gasteiger partial charge in [0.1, 0.15) is 11.4 Å². The summed E-state index contributed by atoms with van der Waals surface area (Å²) in [5.74, 6) is -0.502. The standard InChI is InChI=1S/C26H24N4O4/c1-16-4-9-22(34-3)21(14-16)29-24-23(19-5-7-20(8-6-19)28-17(2)31)25(32)30(26(24)33)15-18-10-12-27-13-11-18/h4-14,29H,15H2,1-3H3,(H,28,31). The van der Waals surface area contributed by atoms with Crippen LogP contribution in [0.2, 0.25) is 0 Å². The first-order valence-electron chi connectivity index (χ1n) is 10.7. The minimum absolute atomic E-state index is 0.115. The monoisotopic (exact) mass is 456 g/mol. The van der Waals surface area contributed by atoms with E-state index in [2.05, 4.69) is 15.6 Å². The van der Waals surface area contributed by atoms with Gasteiger partial charge in [0.25, 0.3) is 11.8 Å². The number of carbonyl (C=O) groups is 3. The molecule has 0 radical (unpaired) electrons. The molecule has 1 aliphatic heterocycles. The number of nitrogens with zero attached hydrogens (tertiary/aromatic N) is 2. The largest absolute Gasteiger partial charge is 0.495 e. The molecular weight excluding hydrogens is 432 g/mol. The highest BCUT2D eigenvalue weighted by molar-refractivity contribution is 6.36. The molecule has 0 bridgehead atoms. The van der Waals surface area contributed by atoms with Crippen molar-refractivity contribution >= 4 is 34.7 Å². The fourth-order valence-electron chi connectivity index (χ4n) is 3.75. The molecule has 0 spiro atoms. The molecule has 1 aromatic heterocycles. The van der Waals surface area contributed by atoms with Gasteiger partial charge < -0.3 is 15.4 Å². The third-order valence-corrected chi connectivity index (χ3v) is 5.37. The van der Waals surface area contributed by atoms with E-state index in [9.17, 15) is 14.4 Å². The Kier molecular flexibility index (Phi) is 6.40.